The van der Waals surface area contributed by atoms with Crippen LogP contribution >= 0.6 is 27.3 Å². The van der Waals surface area contributed by atoms with Crippen molar-refractivity contribution in [2.75, 3.05) is 26.9 Å². The quantitative estimate of drug-likeness (QED) is 0.357. The maximum atomic E-state index is 13.8. The van der Waals surface area contributed by atoms with Crippen LogP contribution in [0.1, 0.15) is 37.9 Å². The molecule has 2 heterocycles. The van der Waals surface area contributed by atoms with E-state index in [-0.39, 0.29) is 30.1 Å². The van der Waals surface area contributed by atoms with Crippen molar-refractivity contribution in [2.24, 2.45) is 4.99 Å². The molecule has 1 N–H and O–H groups in total. The van der Waals surface area contributed by atoms with Crippen LogP contribution in [0.3, 0.4) is 0 Å². The molecule has 0 amide bonds. The number of carbonyl (C=O) groups excluding carboxylic acids is 2. The molecule has 4 rings (SSSR count). The van der Waals surface area contributed by atoms with Crippen LogP contribution in [0.5, 0.6) is 17.2 Å². The number of methoxy groups -OCH3 is 1. The van der Waals surface area contributed by atoms with Gasteiger partial charge in [0.05, 0.1) is 46.6 Å². The highest BCUT2D eigenvalue weighted by Gasteiger charge is 2.34. The number of ether oxygens (including phenoxy) is 4. The molecule has 0 fully saturated rings. The Hall–Kier alpha value is -3.90. The van der Waals surface area contributed by atoms with Gasteiger partial charge in [-0.2, -0.15) is 0 Å². The molecule has 10 nitrogen and oxygen atoms in total. The maximum Gasteiger partial charge on any atom is 0.343 e. The minimum Gasteiger partial charge on any atom is -0.507 e. The van der Waals surface area contributed by atoms with Gasteiger partial charge in [-0.3, -0.25) is 9.36 Å². The Bertz CT molecular complexity index is 1670. The van der Waals surface area contributed by atoms with Gasteiger partial charge in [-0.05, 0) is 78.2 Å². The minimum atomic E-state index is -0.863. The van der Waals surface area contributed by atoms with Crippen molar-refractivity contribution in [3.63, 3.8) is 0 Å². The first-order chi connectivity index (χ1) is 19.2. The van der Waals surface area contributed by atoms with Gasteiger partial charge < -0.3 is 24.1 Å². The average Bonchev–Trinajstić information content (AvgIpc) is 3.23. The number of aromatic nitrogens is 1. The van der Waals surface area contributed by atoms with Crippen LogP contribution < -0.4 is 24.4 Å². The van der Waals surface area contributed by atoms with Gasteiger partial charge in [-0.15, -0.1) is 0 Å². The summed E-state index contributed by atoms with van der Waals surface area (Å²) in [6, 6.07) is 9.04. The van der Waals surface area contributed by atoms with Crippen molar-refractivity contribution in [2.45, 2.75) is 26.8 Å². The van der Waals surface area contributed by atoms with Crippen LogP contribution in [-0.2, 0) is 19.1 Å². The van der Waals surface area contributed by atoms with E-state index in [9.17, 15) is 19.5 Å². The Balaban J connectivity index is 1.90. The summed E-state index contributed by atoms with van der Waals surface area (Å²) in [6.45, 7) is 5.34. The molecule has 1 aliphatic heterocycles. The number of nitrogens with zero attached hydrogens (tertiary/aromatic N) is 2. The molecule has 1 atom stereocenters. The Morgan fingerprint density at radius 1 is 1.12 bits per heavy atom. The molecule has 0 aliphatic carbocycles. The highest BCUT2D eigenvalue weighted by atomic mass is 79.9. The Labute approximate surface area is 241 Å². The minimum absolute atomic E-state index is 0.0810. The third-order valence-corrected chi connectivity index (χ3v) is 7.56. The van der Waals surface area contributed by atoms with Crippen LogP contribution in [0.2, 0.25) is 0 Å². The summed E-state index contributed by atoms with van der Waals surface area (Å²) in [4.78, 5) is 43.6. The number of aromatic hydroxyl groups is 1. The lowest BCUT2D eigenvalue weighted by atomic mass is 9.95. The first-order valence-electron chi connectivity index (χ1n) is 12.3. The second-order valence-electron chi connectivity index (χ2n) is 8.52. The summed E-state index contributed by atoms with van der Waals surface area (Å²) in [6.07, 6.45) is 1.70. The van der Waals surface area contributed by atoms with Crippen LogP contribution in [0.4, 0.5) is 0 Å². The number of hydrogen-bond acceptors (Lipinski definition) is 10. The second-order valence-corrected chi connectivity index (χ2v) is 10.4. The number of benzene rings is 2. The fraction of sp³-hybridized carbons (Fsp3) is 0.286. The van der Waals surface area contributed by atoms with Crippen molar-refractivity contribution >= 4 is 45.3 Å². The van der Waals surface area contributed by atoms with E-state index in [0.717, 1.165) is 0 Å². The van der Waals surface area contributed by atoms with Gasteiger partial charge in [-0.25, -0.2) is 14.6 Å². The predicted octanol–water partition coefficient (Wildman–Crippen LogP) is 3.22. The summed E-state index contributed by atoms with van der Waals surface area (Å²) >= 11 is 4.48. The Morgan fingerprint density at radius 3 is 2.58 bits per heavy atom. The van der Waals surface area contributed by atoms with Gasteiger partial charge in [0.1, 0.15) is 5.75 Å². The molecule has 3 aromatic rings. The van der Waals surface area contributed by atoms with Crippen molar-refractivity contribution in [3.8, 4) is 17.2 Å². The number of halogens is 1. The summed E-state index contributed by atoms with van der Waals surface area (Å²) in [7, 11) is 1.26. The highest BCUT2D eigenvalue weighted by Crippen LogP contribution is 2.36. The van der Waals surface area contributed by atoms with Crippen LogP contribution in [0.25, 0.3) is 6.08 Å². The number of esters is 2. The average molecular weight is 632 g/mol. The third kappa shape index (κ3) is 5.97. The summed E-state index contributed by atoms with van der Waals surface area (Å²) in [5, 5.41) is 9.83. The van der Waals surface area contributed by atoms with Crippen LogP contribution in [0, 0.1) is 0 Å². The largest absolute Gasteiger partial charge is 0.507 e. The number of allylic oxidation sites excluding steroid dienone is 1. The number of hydrogen-bond donors (Lipinski definition) is 1. The number of carbonyl (C=O) groups is 2. The second kappa shape index (κ2) is 12.5. The monoisotopic (exact) mass is 630 g/mol. The molecule has 0 radical (unpaired) electrons. The summed E-state index contributed by atoms with van der Waals surface area (Å²) in [5.41, 5.74) is 1.55. The van der Waals surface area contributed by atoms with Gasteiger partial charge in [0, 0.05) is 0 Å². The first-order valence-corrected chi connectivity index (χ1v) is 13.9. The fourth-order valence-corrected chi connectivity index (χ4v) is 5.59. The van der Waals surface area contributed by atoms with E-state index in [1.807, 2.05) is 0 Å². The smallest absolute Gasteiger partial charge is 0.343 e. The number of fused-ring (bicyclic) bond motifs is 1. The zero-order chi connectivity index (χ0) is 29.0. The van der Waals surface area contributed by atoms with Crippen LogP contribution in [0.15, 0.2) is 61.9 Å². The fourth-order valence-electron chi connectivity index (χ4n) is 4.15. The lowest BCUT2D eigenvalue weighted by Crippen LogP contribution is -2.40. The number of thiazole rings is 1. The van der Waals surface area contributed by atoms with E-state index >= 15 is 0 Å². The molecular formula is C28H27BrN2O8S. The number of rotatable bonds is 9. The molecule has 0 saturated heterocycles. The van der Waals surface area contributed by atoms with Gasteiger partial charge in [0.15, 0.2) is 22.9 Å². The first kappa shape index (κ1) is 29.1. The third-order valence-electron chi connectivity index (χ3n) is 5.94. The molecular weight excluding hydrogens is 604 g/mol. The zero-order valence-electron chi connectivity index (χ0n) is 22.2. The Kier molecular flexibility index (Phi) is 9.10. The predicted molar refractivity (Wildman–Crippen MR) is 151 cm³/mol. The molecule has 40 heavy (non-hydrogen) atoms. The van der Waals surface area contributed by atoms with Gasteiger partial charge in [0.25, 0.3) is 5.56 Å². The SMILES string of the molecule is CCOC(=O)C1=C(C)N=c2s/c(=C\c3ccc(O)c(Br)c3)c(=O)n2[C@@H]1c1ccc(OCC(=O)OC)c(OCC)c1. The molecule has 2 aromatic carbocycles. The topological polar surface area (TPSA) is 126 Å². The highest BCUT2D eigenvalue weighted by molar-refractivity contribution is 9.10. The van der Waals surface area contributed by atoms with Gasteiger partial charge in [0.2, 0.25) is 0 Å². The molecule has 0 bridgehead atoms. The lowest BCUT2D eigenvalue weighted by Gasteiger charge is -2.25. The summed E-state index contributed by atoms with van der Waals surface area (Å²) in [5.74, 6) is -0.424. The number of phenolic OH excluding ortho intramolecular Hbond substituents is 1. The van der Waals surface area contributed by atoms with E-state index < -0.39 is 18.0 Å². The van der Waals surface area contributed by atoms with E-state index in [1.165, 1.54) is 29.1 Å². The molecule has 0 saturated carbocycles. The van der Waals surface area contributed by atoms with E-state index in [2.05, 4.69) is 25.7 Å². The van der Waals surface area contributed by atoms with Gasteiger partial charge >= 0.3 is 11.9 Å². The van der Waals surface area contributed by atoms with Crippen LogP contribution in [-0.4, -0.2) is 48.5 Å². The van der Waals surface area contributed by atoms with Crippen molar-refractivity contribution in [3.05, 3.63) is 83.0 Å². The van der Waals surface area contributed by atoms with E-state index in [4.69, 9.17) is 14.2 Å². The molecule has 1 aromatic heterocycles. The zero-order valence-corrected chi connectivity index (χ0v) is 24.6. The molecule has 1 aliphatic rings. The normalized spacial score (nSPS) is 14.8. The van der Waals surface area contributed by atoms with E-state index in [0.29, 0.717) is 48.7 Å². The molecule has 210 valence electrons. The lowest BCUT2D eigenvalue weighted by molar-refractivity contribution is -0.143. The van der Waals surface area contributed by atoms with Crippen molar-refractivity contribution in [1.82, 2.24) is 4.57 Å². The number of phenols is 1. The molecule has 0 unspecified atom stereocenters. The van der Waals surface area contributed by atoms with Crippen molar-refractivity contribution in [1.29, 1.82) is 0 Å². The molecule has 12 heteroatoms. The Morgan fingerprint density at radius 2 is 1.90 bits per heavy atom. The summed E-state index contributed by atoms with van der Waals surface area (Å²) < 4.78 is 23.7. The standard InChI is InChI=1S/C28H27BrN2O8S/c1-5-37-21-13-17(8-10-20(21)39-14-23(33)36-4)25-24(27(35)38-6-2)15(3)30-28-31(25)26(34)22(40-28)12-16-7-9-19(32)18(29)11-16/h7-13,25,32H,5-6,14H2,1-4H3/b22-12-/t25-/m1/s1. The van der Waals surface area contributed by atoms with Gasteiger partial charge in [-0.1, -0.05) is 23.5 Å². The maximum absolute atomic E-state index is 13.8. The molecule has 0 spiro atoms. The van der Waals surface area contributed by atoms with Crippen molar-refractivity contribution < 1.29 is 33.6 Å². The van der Waals surface area contributed by atoms with E-state index in [1.54, 1.807) is 57.2 Å².